The average Bonchev–Trinajstić information content (AvgIpc) is 2.51. The number of carboxylic acid groups (broad SMARTS) is 2. The van der Waals surface area contributed by atoms with Crippen molar-refractivity contribution in [3.05, 3.63) is 41.0 Å². The summed E-state index contributed by atoms with van der Waals surface area (Å²) in [6.45, 7) is 3.93. The molecule has 0 radical (unpaired) electrons. The fourth-order valence-electron chi connectivity index (χ4n) is 2.26. The van der Waals surface area contributed by atoms with Crippen LogP contribution in [0.5, 0.6) is 5.75 Å². The van der Waals surface area contributed by atoms with Gasteiger partial charge in [0, 0.05) is 6.42 Å². The third-order valence-corrected chi connectivity index (χ3v) is 3.35. The molecule has 8 heteroatoms. The van der Waals surface area contributed by atoms with Gasteiger partial charge < -0.3 is 26.4 Å². The molecule has 0 aliphatic heterocycles. The lowest BCUT2D eigenvalue weighted by Crippen LogP contribution is -2.23. The molecular weight excluding hydrogens is 326 g/mol. The van der Waals surface area contributed by atoms with Gasteiger partial charge >= 0.3 is 11.9 Å². The van der Waals surface area contributed by atoms with Crippen molar-refractivity contribution in [1.82, 2.24) is 0 Å². The molecule has 0 amide bonds. The van der Waals surface area contributed by atoms with Crippen molar-refractivity contribution in [3.63, 3.8) is 0 Å². The summed E-state index contributed by atoms with van der Waals surface area (Å²) in [6, 6.07) is 6.75. The van der Waals surface area contributed by atoms with Crippen molar-refractivity contribution >= 4 is 17.9 Å². The van der Waals surface area contributed by atoms with Crippen LogP contribution in [0.1, 0.15) is 19.4 Å². The van der Waals surface area contributed by atoms with Gasteiger partial charge in [0.25, 0.3) is 0 Å². The highest BCUT2D eigenvalue weighted by molar-refractivity contribution is 5.99. The summed E-state index contributed by atoms with van der Waals surface area (Å²) >= 11 is 0. The molecule has 0 atom stereocenters. The highest BCUT2D eigenvalue weighted by atomic mass is 16.5. The highest BCUT2D eigenvalue weighted by Crippen LogP contribution is 2.21. The maximum Gasteiger partial charge on any atom is 0.332 e. The summed E-state index contributed by atoms with van der Waals surface area (Å²) in [6.07, 6.45) is 0.0173. The zero-order valence-electron chi connectivity index (χ0n) is 14.2. The SMILES string of the molecule is CC(C)C(C(=O)O)=C(Cc1ccc(OCCN=C(N)N)cc1)C(=O)O. The molecule has 0 heterocycles. The summed E-state index contributed by atoms with van der Waals surface area (Å²) in [5.74, 6) is -2.28. The van der Waals surface area contributed by atoms with Crippen LogP contribution >= 0.6 is 0 Å². The summed E-state index contributed by atoms with van der Waals surface area (Å²) in [5.41, 5.74) is 10.9. The van der Waals surface area contributed by atoms with E-state index in [-0.39, 0.29) is 23.5 Å². The molecule has 8 nitrogen and oxygen atoms in total. The Morgan fingerprint density at radius 2 is 1.72 bits per heavy atom. The van der Waals surface area contributed by atoms with E-state index >= 15 is 0 Å². The van der Waals surface area contributed by atoms with Gasteiger partial charge in [-0.25, -0.2) is 9.59 Å². The van der Waals surface area contributed by atoms with Gasteiger partial charge in [-0.15, -0.1) is 0 Å². The summed E-state index contributed by atoms with van der Waals surface area (Å²) in [7, 11) is 0. The van der Waals surface area contributed by atoms with Crippen molar-refractivity contribution < 1.29 is 24.5 Å². The second-order valence-corrected chi connectivity index (χ2v) is 5.63. The molecule has 25 heavy (non-hydrogen) atoms. The molecule has 0 bridgehead atoms. The largest absolute Gasteiger partial charge is 0.492 e. The first-order valence-electron chi connectivity index (χ1n) is 7.69. The van der Waals surface area contributed by atoms with Gasteiger partial charge in [-0.3, -0.25) is 4.99 Å². The number of nitrogens with zero attached hydrogens (tertiary/aromatic N) is 1. The smallest absolute Gasteiger partial charge is 0.332 e. The predicted molar refractivity (Wildman–Crippen MR) is 93.5 cm³/mol. The highest BCUT2D eigenvalue weighted by Gasteiger charge is 2.23. The normalized spacial score (nSPS) is 11.6. The Hall–Kier alpha value is -3.03. The van der Waals surface area contributed by atoms with Crippen molar-refractivity contribution in [2.24, 2.45) is 22.4 Å². The number of hydrogen-bond acceptors (Lipinski definition) is 4. The lowest BCUT2D eigenvalue weighted by molar-refractivity contribution is -0.136. The molecule has 0 saturated heterocycles. The molecule has 1 aromatic rings. The van der Waals surface area contributed by atoms with Crippen LogP contribution in [-0.2, 0) is 16.0 Å². The van der Waals surface area contributed by atoms with E-state index in [9.17, 15) is 19.8 Å². The van der Waals surface area contributed by atoms with E-state index in [0.29, 0.717) is 24.5 Å². The minimum absolute atomic E-state index is 0.00803. The molecule has 0 unspecified atom stereocenters. The zero-order chi connectivity index (χ0) is 19.0. The number of ether oxygens (including phenoxy) is 1. The maximum atomic E-state index is 11.5. The van der Waals surface area contributed by atoms with Gasteiger partial charge in [0.05, 0.1) is 17.7 Å². The van der Waals surface area contributed by atoms with E-state index < -0.39 is 17.9 Å². The van der Waals surface area contributed by atoms with Gasteiger partial charge in [0.2, 0.25) is 0 Å². The van der Waals surface area contributed by atoms with Gasteiger partial charge in [0.1, 0.15) is 12.4 Å². The minimum atomic E-state index is -1.23. The second kappa shape index (κ2) is 9.31. The van der Waals surface area contributed by atoms with E-state index in [2.05, 4.69) is 4.99 Å². The lowest BCUT2D eigenvalue weighted by Gasteiger charge is -2.12. The van der Waals surface area contributed by atoms with Crippen LogP contribution < -0.4 is 16.2 Å². The number of hydrogen-bond donors (Lipinski definition) is 4. The number of benzene rings is 1. The Kier molecular flexibility index (Phi) is 7.45. The molecule has 0 saturated carbocycles. The van der Waals surface area contributed by atoms with Crippen molar-refractivity contribution in [2.45, 2.75) is 20.3 Å². The molecule has 136 valence electrons. The molecule has 0 aromatic heterocycles. The third kappa shape index (κ3) is 6.54. The average molecular weight is 349 g/mol. The lowest BCUT2D eigenvalue weighted by atomic mass is 9.93. The van der Waals surface area contributed by atoms with Crippen molar-refractivity contribution in [2.75, 3.05) is 13.2 Å². The van der Waals surface area contributed by atoms with Gasteiger partial charge in [-0.1, -0.05) is 26.0 Å². The molecule has 0 aliphatic rings. The number of aliphatic imine (C=N–C) groups is 1. The third-order valence-electron chi connectivity index (χ3n) is 3.35. The van der Waals surface area contributed by atoms with Crippen LogP contribution in [0.2, 0.25) is 0 Å². The zero-order valence-corrected chi connectivity index (χ0v) is 14.2. The Labute approximate surface area is 145 Å². The molecule has 0 fully saturated rings. The van der Waals surface area contributed by atoms with E-state index in [0.717, 1.165) is 0 Å². The molecule has 0 spiro atoms. The fraction of sp³-hybridized carbons (Fsp3) is 0.353. The van der Waals surface area contributed by atoms with E-state index in [1.807, 2.05) is 0 Å². The Morgan fingerprint density at radius 1 is 1.12 bits per heavy atom. The summed E-state index contributed by atoms with van der Waals surface area (Å²) < 4.78 is 5.45. The molecule has 6 N–H and O–H groups in total. The summed E-state index contributed by atoms with van der Waals surface area (Å²) in [5, 5.41) is 18.6. The van der Waals surface area contributed by atoms with Crippen molar-refractivity contribution in [1.29, 1.82) is 0 Å². The van der Waals surface area contributed by atoms with E-state index in [4.69, 9.17) is 16.2 Å². The molecular formula is C17H23N3O5. The number of aliphatic carboxylic acids is 2. The number of guanidine groups is 1. The molecule has 0 aliphatic carbocycles. The monoisotopic (exact) mass is 349 g/mol. The number of nitrogens with two attached hydrogens (primary N) is 2. The van der Waals surface area contributed by atoms with Gasteiger partial charge in [0.15, 0.2) is 5.96 Å². The summed E-state index contributed by atoms with van der Waals surface area (Å²) in [4.78, 5) is 26.6. The van der Waals surface area contributed by atoms with Crippen LogP contribution in [0.15, 0.2) is 40.4 Å². The first kappa shape index (κ1) is 20.0. The fourth-order valence-corrected chi connectivity index (χ4v) is 2.26. The van der Waals surface area contributed by atoms with Crippen LogP contribution in [-0.4, -0.2) is 41.3 Å². The van der Waals surface area contributed by atoms with E-state index in [1.54, 1.807) is 38.1 Å². The Bertz CT molecular complexity index is 674. The van der Waals surface area contributed by atoms with Gasteiger partial charge in [-0.05, 0) is 23.6 Å². The Balaban J connectivity index is 2.87. The van der Waals surface area contributed by atoms with E-state index in [1.165, 1.54) is 0 Å². The maximum absolute atomic E-state index is 11.5. The molecule has 1 aromatic carbocycles. The topological polar surface area (TPSA) is 148 Å². The van der Waals surface area contributed by atoms with Crippen LogP contribution in [0.4, 0.5) is 0 Å². The van der Waals surface area contributed by atoms with Crippen LogP contribution in [0.3, 0.4) is 0 Å². The van der Waals surface area contributed by atoms with Crippen molar-refractivity contribution in [3.8, 4) is 5.75 Å². The predicted octanol–water partition coefficient (Wildman–Crippen LogP) is 1.00. The number of carboxylic acids is 2. The van der Waals surface area contributed by atoms with Crippen LogP contribution in [0, 0.1) is 5.92 Å². The standard InChI is InChI=1S/C17H23N3O5/c1-10(2)14(16(23)24)13(15(21)22)9-11-3-5-12(6-4-11)25-8-7-20-17(18)19/h3-6,10H,7-9H2,1-2H3,(H,21,22)(H,23,24)(H4,18,19,20). The second-order valence-electron chi connectivity index (χ2n) is 5.63. The quantitative estimate of drug-likeness (QED) is 0.225. The number of rotatable bonds is 9. The van der Waals surface area contributed by atoms with Gasteiger partial charge in [-0.2, -0.15) is 0 Å². The Morgan fingerprint density at radius 3 is 2.16 bits per heavy atom. The first-order valence-corrected chi connectivity index (χ1v) is 7.69. The first-order chi connectivity index (χ1) is 11.7. The number of carbonyl (C=O) groups is 2. The minimum Gasteiger partial charge on any atom is -0.492 e. The molecule has 1 rings (SSSR count). The van der Waals surface area contributed by atoms with Crippen LogP contribution in [0.25, 0.3) is 0 Å².